The lowest BCUT2D eigenvalue weighted by Gasteiger charge is -2.24. The molecule has 0 unspecified atom stereocenters. The number of carbonyl (C=O) groups excluding carboxylic acids is 1. The van der Waals surface area contributed by atoms with Crippen molar-refractivity contribution in [2.24, 2.45) is 5.41 Å². The molecule has 0 atom stereocenters. The van der Waals surface area contributed by atoms with Gasteiger partial charge in [-0.1, -0.05) is 26.0 Å². The molecule has 4 heteroatoms. The van der Waals surface area contributed by atoms with Gasteiger partial charge in [0.15, 0.2) is 0 Å². The maximum Gasteiger partial charge on any atom is 0.255 e. The number of benzene rings is 1. The molecule has 0 aliphatic carbocycles. The number of alkyl halides is 1. The summed E-state index contributed by atoms with van der Waals surface area (Å²) in [4.78, 5) is 12.1. The summed E-state index contributed by atoms with van der Waals surface area (Å²) >= 11 is 5.70. The second kappa shape index (κ2) is 7.39. The number of hydrogen-bond donors (Lipinski definition) is 1. The Morgan fingerprint density at radius 1 is 1.37 bits per heavy atom. The Kier molecular flexibility index (Phi) is 6.16. The molecule has 0 aromatic heterocycles. The predicted octanol–water partition coefficient (Wildman–Crippen LogP) is 3.47. The molecule has 3 nitrogen and oxygen atoms in total. The summed E-state index contributed by atoms with van der Waals surface area (Å²) < 4.78 is 5.19. The van der Waals surface area contributed by atoms with Crippen LogP contribution in [-0.4, -0.2) is 25.4 Å². The lowest BCUT2D eigenvalue weighted by Crippen LogP contribution is -2.34. The molecule has 0 saturated carbocycles. The molecule has 0 fully saturated rings. The first kappa shape index (κ1) is 15.8. The summed E-state index contributed by atoms with van der Waals surface area (Å²) in [5.74, 6) is 1.15. The smallest absolute Gasteiger partial charge is 0.255 e. The average Bonchev–Trinajstić information content (AvgIpc) is 2.42. The van der Waals surface area contributed by atoms with Crippen LogP contribution in [0.15, 0.2) is 24.3 Å². The highest BCUT2D eigenvalue weighted by Crippen LogP contribution is 2.22. The van der Waals surface area contributed by atoms with E-state index in [-0.39, 0.29) is 11.3 Å². The van der Waals surface area contributed by atoms with Gasteiger partial charge >= 0.3 is 0 Å². The van der Waals surface area contributed by atoms with Gasteiger partial charge in [0, 0.05) is 12.4 Å². The van der Waals surface area contributed by atoms with E-state index in [1.54, 1.807) is 19.2 Å². The Bertz CT molecular complexity index is 418. The van der Waals surface area contributed by atoms with Gasteiger partial charge in [0.25, 0.3) is 5.91 Å². The van der Waals surface area contributed by atoms with Crippen molar-refractivity contribution in [3.63, 3.8) is 0 Å². The third-order valence-corrected chi connectivity index (χ3v) is 3.33. The zero-order chi connectivity index (χ0) is 14.3. The first-order chi connectivity index (χ1) is 9.00. The molecular weight excluding hydrogens is 262 g/mol. The number of ether oxygens (including phenoxy) is 1. The van der Waals surface area contributed by atoms with Gasteiger partial charge in [-0.15, -0.1) is 11.6 Å². The van der Waals surface area contributed by atoms with Crippen LogP contribution in [0.1, 0.15) is 37.0 Å². The maximum absolute atomic E-state index is 12.1. The van der Waals surface area contributed by atoms with Crippen LogP contribution >= 0.6 is 11.6 Å². The third-order valence-electron chi connectivity index (χ3n) is 3.07. The van der Waals surface area contributed by atoms with Crippen LogP contribution in [0.3, 0.4) is 0 Å². The second-order valence-corrected chi connectivity index (χ2v) is 5.72. The second-order valence-electron chi connectivity index (χ2n) is 5.34. The quantitative estimate of drug-likeness (QED) is 0.778. The van der Waals surface area contributed by atoms with E-state index in [4.69, 9.17) is 16.3 Å². The molecule has 1 amide bonds. The number of para-hydroxylation sites is 1. The van der Waals surface area contributed by atoms with Crippen LogP contribution < -0.4 is 10.1 Å². The standard InChI is InChI=1S/C15H22ClNO2/c1-15(2,9-6-10-16)11-17-14(18)12-7-4-5-8-13(12)19-3/h4-5,7-8H,6,9-11H2,1-3H3,(H,17,18). The maximum atomic E-state index is 12.1. The lowest BCUT2D eigenvalue weighted by molar-refractivity contribution is 0.0931. The van der Waals surface area contributed by atoms with Gasteiger partial charge in [-0.2, -0.15) is 0 Å². The average molecular weight is 284 g/mol. The first-order valence-corrected chi connectivity index (χ1v) is 7.01. The number of carbonyl (C=O) groups is 1. The van der Waals surface area contributed by atoms with E-state index in [0.717, 1.165) is 12.8 Å². The largest absolute Gasteiger partial charge is 0.496 e. The van der Waals surface area contributed by atoms with E-state index in [9.17, 15) is 4.79 Å². The van der Waals surface area contributed by atoms with Crippen LogP contribution in [0.5, 0.6) is 5.75 Å². The summed E-state index contributed by atoms with van der Waals surface area (Å²) in [6, 6.07) is 7.23. The molecule has 0 heterocycles. The molecular formula is C15H22ClNO2. The fourth-order valence-corrected chi connectivity index (χ4v) is 2.01. The minimum atomic E-state index is -0.101. The van der Waals surface area contributed by atoms with Crippen molar-refractivity contribution in [2.75, 3.05) is 19.5 Å². The van der Waals surface area contributed by atoms with Crippen molar-refractivity contribution in [3.05, 3.63) is 29.8 Å². The van der Waals surface area contributed by atoms with Gasteiger partial charge in [-0.05, 0) is 30.4 Å². The van der Waals surface area contributed by atoms with Crippen LogP contribution in [-0.2, 0) is 0 Å². The Morgan fingerprint density at radius 3 is 2.68 bits per heavy atom. The van der Waals surface area contributed by atoms with Crippen molar-refractivity contribution in [1.82, 2.24) is 5.32 Å². The zero-order valence-corrected chi connectivity index (χ0v) is 12.6. The fraction of sp³-hybridized carbons (Fsp3) is 0.533. The number of nitrogens with one attached hydrogen (secondary N) is 1. The fourth-order valence-electron chi connectivity index (χ4n) is 1.88. The highest BCUT2D eigenvalue weighted by molar-refractivity contribution is 6.17. The van der Waals surface area contributed by atoms with Crippen molar-refractivity contribution in [2.45, 2.75) is 26.7 Å². The molecule has 0 saturated heterocycles. The lowest BCUT2D eigenvalue weighted by atomic mass is 9.88. The Morgan fingerprint density at radius 2 is 2.05 bits per heavy atom. The summed E-state index contributed by atoms with van der Waals surface area (Å²) in [5, 5.41) is 2.96. The number of rotatable bonds is 7. The topological polar surface area (TPSA) is 38.3 Å². The molecule has 0 spiro atoms. The van der Waals surface area contributed by atoms with Crippen LogP contribution in [0, 0.1) is 5.41 Å². The molecule has 0 bridgehead atoms. The Labute approximate surface area is 120 Å². The SMILES string of the molecule is COc1ccccc1C(=O)NCC(C)(C)CCCCl. The van der Waals surface area contributed by atoms with E-state index in [2.05, 4.69) is 19.2 Å². The first-order valence-electron chi connectivity index (χ1n) is 6.47. The molecule has 0 aliphatic heterocycles. The normalized spacial score (nSPS) is 11.2. The molecule has 0 radical (unpaired) electrons. The summed E-state index contributed by atoms with van der Waals surface area (Å²) in [6.07, 6.45) is 1.95. The van der Waals surface area contributed by atoms with Gasteiger partial charge < -0.3 is 10.1 Å². The number of hydrogen-bond acceptors (Lipinski definition) is 2. The Hall–Kier alpha value is -1.22. The molecule has 1 aromatic carbocycles. The summed E-state index contributed by atoms with van der Waals surface area (Å²) in [7, 11) is 1.57. The van der Waals surface area contributed by atoms with Gasteiger partial charge in [0.05, 0.1) is 12.7 Å². The zero-order valence-electron chi connectivity index (χ0n) is 11.8. The monoisotopic (exact) mass is 283 g/mol. The molecule has 1 rings (SSSR count). The number of halogens is 1. The number of amides is 1. The number of methoxy groups -OCH3 is 1. The van der Waals surface area contributed by atoms with Crippen LogP contribution in [0.4, 0.5) is 0 Å². The minimum absolute atomic E-state index is 0.0482. The minimum Gasteiger partial charge on any atom is -0.496 e. The predicted molar refractivity (Wildman–Crippen MR) is 79.1 cm³/mol. The molecule has 1 aromatic rings. The van der Waals surface area contributed by atoms with Crippen LogP contribution in [0.25, 0.3) is 0 Å². The van der Waals surface area contributed by atoms with Gasteiger partial charge in [-0.25, -0.2) is 0 Å². The molecule has 19 heavy (non-hydrogen) atoms. The summed E-state index contributed by atoms with van der Waals surface area (Å²) in [6.45, 7) is 4.88. The van der Waals surface area contributed by atoms with Crippen molar-refractivity contribution >= 4 is 17.5 Å². The van der Waals surface area contributed by atoms with Crippen molar-refractivity contribution < 1.29 is 9.53 Å². The van der Waals surface area contributed by atoms with E-state index >= 15 is 0 Å². The van der Waals surface area contributed by atoms with Crippen molar-refractivity contribution in [1.29, 1.82) is 0 Å². The molecule has 0 aliphatic rings. The highest BCUT2D eigenvalue weighted by atomic mass is 35.5. The molecule has 106 valence electrons. The van der Waals surface area contributed by atoms with Gasteiger partial charge in [0.2, 0.25) is 0 Å². The van der Waals surface area contributed by atoms with E-state index in [0.29, 0.717) is 23.7 Å². The van der Waals surface area contributed by atoms with E-state index in [1.165, 1.54) is 0 Å². The van der Waals surface area contributed by atoms with Gasteiger partial charge in [-0.3, -0.25) is 4.79 Å². The Balaban J connectivity index is 2.60. The molecule has 1 N–H and O–H groups in total. The van der Waals surface area contributed by atoms with Crippen molar-refractivity contribution in [3.8, 4) is 5.75 Å². The van der Waals surface area contributed by atoms with Gasteiger partial charge in [0.1, 0.15) is 5.75 Å². The van der Waals surface area contributed by atoms with E-state index < -0.39 is 0 Å². The van der Waals surface area contributed by atoms with Crippen LogP contribution in [0.2, 0.25) is 0 Å². The van der Waals surface area contributed by atoms with E-state index in [1.807, 2.05) is 12.1 Å². The summed E-state index contributed by atoms with van der Waals surface area (Å²) in [5.41, 5.74) is 0.616. The third kappa shape index (κ3) is 5.11. The highest BCUT2D eigenvalue weighted by Gasteiger charge is 2.19.